The van der Waals surface area contributed by atoms with Crippen LogP contribution >= 0.6 is 0 Å². The van der Waals surface area contributed by atoms with E-state index in [2.05, 4.69) is 20.3 Å². The molecule has 0 aliphatic heterocycles. The Morgan fingerprint density at radius 1 is 1.28 bits per heavy atom. The van der Waals surface area contributed by atoms with Crippen LogP contribution in [-0.4, -0.2) is 34.9 Å². The summed E-state index contributed by atoms with van der Waals surface area (Å²) in [4.78, 5) is 25.2. The van der Waals surface area contributed by atoms with Crippen molar-refractivity contribution in [2.24, 2.45) is 5.73 Å². The van der Waals surface area contributed by atoms with Crippen molar-refractivity contribution >= 4 is 33.6 Å². The second-order valence-corrected chi connectivity index (χ2v) is 6.96. The minimum absolute atomic E-state index is 0.0798. The summed E-state index contributed by atoms with van der Waals surface area (Å²) in [7, 11) is -2.62. The van der Waals surface area contributed by atoms with Crippen molar-refractivity contribution in [3.63, 3.8) is 0 Å². The highest BCUT2D eigenvalue weighted by Crippen LogP contribution is 2.48. The van der Waals surface area contributed by atoms with Crippen LogP contribution in [0.4, 0.5) is 5.82 Å². The van der Waals surface area contributed by atoms with Crippen molar-refractivity contribution < 1.29 is 22.2 Å². The van der Waals surface area contributed by atoms with E-state index in [4.69, 9.17) is 23.1 Å². The maximum Gasteiger partial charge on any atom is 0.229 e. The molecule has 0 saturated heterocycles. The normalized spacial score (nSPS) is 18.8. The molecule has 0 spiro atoms. The summed E-state index contributed by atoms with van der Waals surface area (Å²) >= 11 is 0. The van der Waals surface area contributed by atoms with Crippen LogP contribution in [0.1, 0.15) is 26.8 Å². The Bertz CT molecular complexity index is 1480. The number of rotatable bonds is 5. The number of oxazole rings is 1. The average Bonchev–Trinajstić information content (AvgIpc) is 3.46. The van der Waals surface area contributed by atoms with Gasteiger partial charge in [-0.1, -0.05) is 0 Å². The van der Waals surface area contributed by atoms with Gasteiger partial charge in [0.1, 0.15) is 17.1 Å². The van der Waals surface area contributed by atoms with Crippen molar-refractivity contribution in [3.8, 4) is 17.2 Å². The third kappa shape index (κ3) is 2.60. The van der Waals surface area contributed by atoms with Gasteiger partial charge in [-0.05, 0) is 31.0 Å². The summed E-state index contributed by atoms with van der Waals surface area (Å²) in [5.41, 5.74) is 6.37. The number of pyridine rings is 2. The Morgan fingerprint density at radius 3 is 2.93 bits per heavy atom. The minimum Gasteiger partial charge on any atom is -0.497 e. The summed E-state index contributed by atoms with van der Waals surface area (Å²) in [6.45, 7) is -2.50. The van der Waals surface area contributed by atoms with E-state index >= 15 is 0 Å². The van der Waals surface area contributed by atoms with Gasteiger partial charge in [0.05, 0.1) is 27.8 Å². The molecule has 4 aromatic rings. The molecule has 1 saturated carbocycles. The molecule has 29 heavy (non-hydrogen) atoms. The van der Waals surface area contributed by atoms with E-state index in [1.165, 1.54) is 30.6 Å². The van der Waals surface area contributed by atoms with E-state index in [1.807, 2.05) is 0 Å². The number of hydrogen-bond acceptors (Lipinski definition) is 7. The predicted octanol–water partition coefficient (Wildman–Crippen LogP) is 3.01. The summed E-state index contributed by atoms with van der Waals surface area (Å²) in [6, 6.07) is 6.10. The number of anilines is 1. The lowest BCUT2D eigenvalue weighted by Crippen LogP contribution is -2.29. The van der Waals surface area contributed by atoms with Gasteiger partial charge in [-0.15, -0.1) is 0 Å². The van der Waals surface area contributed by atoms with E-state index in [9.17, 15) is 4.79 Å². The Kier molecular flexibility index (Phi) is 2.55. The maximum absolute atomic E-state index is 12.1. The number of nitrogens with zero attached hydrogens (tertiary/aromatic N) is 3. The van der Waals surface area contributed by atoms with Gasteiger partial charge in [0.2, 0.25) is 11.8 Å². The molecule has 1 aliphatic rings. The van der Waals surface area contributed by atoms with Crippen LogP contribution in [0.2, 0.25) is 0 Å². The maximum atomic E-state index is 12.1. The number of benzene rings is 1. The molecule has 1 amide bonds. The number of fused-ring (bicyclic) bond motifs is 2. The highest BCUT2D eigenvalue weighted by Gasteiger charge is 2.51. The number of carbonyl (C=O) groups excluding carboxylic acids is 1. The molecule has 5 rings (SSSR count). The number of methoxy groups -OCH3 is 1. The van der Waals surface area contributed by atoms with E-state index < -0.39 is 25.3 Å². The molecule has 8 heteroatoms. The Hall–Kier alpha value is -3.68. The van der Waals surface area contributed by atoms with Gasteiger partial charge in [-0.3, -0.25) is 9.78 Å². The third-order valence-corrected chi connectivity index (χ3v) is 5.31. The highest BCUT2D eigenvalue weighted by molar-refractivity contribution is 6.01. The standard InChI is InChI=1S/C21H19N5O3/c1-23-18-13-9-24-17(21(5-6-21)20(22)27)8-12(13)14(10-25-18)19-26-15-7-11(28-2)3-4-16(15)29-19/h3-4,7-10H,5-6H2,1-2H3,(H2,22,27)(H,23,25)/i1D3,2D3. The fraction of sp³-hybridized carbons (Fsp3) is 0.238. The minimum atomic E-state index is -2.62. The summed E-state index contributed by atoms with van der Waals surface area (Å²) in [5.74, 6) is -0.146. The molecule has 3 aromatic heterocycles. The van der Waals surface area contributed by atoms with Crippen LogP contribution in [0.3, 0.4) is 0 Å². The van der Waals surface area contributed by atoms with E-state index in [0.29, 0.717) is 46.0 Å². The quantitative estimate of drug-likeness (QED) is 0.533. The molecule has 1 aromatic carbocycles. The van der Waals surface area contributed by atoms with Gasteiger partial charge in [-0.2, -0.15) is 0 Å². The van der Waals surface area contributed by atoms with E-state index in [0.717, 1.165) is 0 Å². The zero-order valence-corrected chi connectivity index (χ0v) is 15.0. The predicted molar refractivity (Wildman–Crippen MR) is 109 cm³/mol. The van der Waals surface area contributed by atoms with Crippen LogP contribution in [0.15, 0.2) is 41.1 Å². The van der Waals surface area contributed by atoms with Gasteiger partial charge in [-0.25, -0.2) is 9.97 Å². The largest absolute Gasteiger partial charge is 0.497 e. The van der Waals surface area contributed by atoms with Gasteiger partial charge >= 0.3 is 0 Å². The Balaban J connectivity index is 1.67. The number of primary amides is 1. The number of amides is 1. The summed E-state index contributed by atoms with van der Waals surface area (Å²) < 4.78 is 55.3. The molecule has 1 aliphatic carbocycles. The fourth-order valence-corrected chi connectivity index (χ4v) is 3.51. The first-order valence-electron chi connectivity index (χ1n) is 11.8. The first-order valence-corrected chi connectivity index (χ1v) is 8.82. The second kappa shape index (κ2) is 6.16. The Morgan fingerprint density at radius 2 is 2.17 bits per heavy atom. The van der Waals surface area contributed by atoms with E-state index in [1.54, 1.807) is 6.07 Å². The lowest BCUT2D eigenvalue weighted by Gasteiger charge is -2.13. The lowest BCUT2D eigenvalue weighted by atomic mass is 9.98. The number of carbonyl (C=O) groups is 1. The van der Waals surface area contributed by atoms with Crippen LogP contribution in [0.5, 0.6) is 5.75 Å². The van der Waals surface area contributed by atoms with Crippen LogP contribution < -0.4 is 15.8 Å². The second-order valence-electron chi connectivity index (χ2n) is 6.96. The lowest BCUT2D eigenvalue weighted by molar-refractivity contribution is -0.120. The van der Waals surface area contributed by atoms with E-state index in [-0.39, 0.29) is 17.5 Å². The SMILES string of the molecule is [2H]C([2H])([2H])Nc1ncc(-c2nc3cc(OC([2H])([2H])[2H])ccc3o2)c2cc(C3(C(N)=O)CC3)ncc12. The molecule has 8 nitrogen and oxygen atoms in total. The van der Waals surface area contributed by atoms with Gasteiger partial charge in [0.15, 0.2) is 5.58 Å². The number of nitrogens with one attached hydrogen (secondary N) is 1. The monoisotopic (exact) mass is 395 g/mol. The van der Waals surface area contributed by atoms with Crippen LogP contribution in [-0.2, 0) is 10.2 Å². The van der Waals surface area contributed by atoms with Gasteiger partial charge in [0.25, 0.3) is 0 Å². The van der Waals surface area contributed by atoms with Crippen molar-refractivity contribution in [1.82, 2.24) is 15.0 Å². The topological polar surface area (TPSA) is 116 Å². The average molecular weight is 395 g/mol. The smallest absolute Gasteiger partial charge is 0.229 e. The number of aromatic nitrogens is 3. The molecule has 0 atom stereocenters. The molecule has 3 N–H and O–H groups in total. The summed E-state index contributed by atoms with van der Waals surface area (Å²) in [5, 5.41) is 3.29. The van der Waals surface area contributed by atoms with Gasteiger partial charge in [0, 0.05) is 40.3 Å². The Labute approximate surface area is 174 Å². The summed E-state index contributed by atoms with van der Waals surface area (Å²) in [6.07, 6.45) is 3.99. The first-order chi connectivity index (χ1) is 16.3. The molecule has 0 radical (unpaired) electrons. The van der Waals surface area contributed by atoms with Crippen molar-refractivity contribution in [1.29, 1.82) is 0 Å². The number of nitrogens with two attached hydrogens (primary N) is 1. The van der Waals surface area contributed by atoms with Crippen molar-refractivity contribution in [3.05, 3.63) is 42.4 Å². The molecule has 1 fully saturated rings. The fourth-order valence-electron chi connectivity index (χ4n) is 3.51. The molecule has 0 bridgehead atoms. The molecular formula is C21H19N5O3. The van der Waals surface area contributed by atoms with Crippen LogP contribution in [0, 0.1) is 0 Å². The first kappa shape index (κ1) is 12.0. The highest BCUT2D eigenvalue weighted by atomic mass is 16.5. The van der Waals surface area contributed by atoms with Crippen molar-refractivity contribution in [2.75, 3.05) is 19.3 Å². The van der Waals surface area contributed by atoms with Crippen LogP contribution in [0.25, 0.3) is 33.3 Å². The third-order valence-electron chi connectivity index (χ3n) is 5.31. The van der Waals surface area contributed by atoms with Gasteiger partial charge < -0.3 is 20.2 Å². The zero-order valence-electron chi connectivity index (χ0n) is 21.0. The molecule has 0 unspecified atom stereocenters. The molecule has 146 valence electrons. The number of hydrogen-bond donors (Lipinski definition) is 2. The molecular weight excluding hydrogens is 370 g/mol. The van der Waals surface area contributed by atoms with Crippen molar-refractivity contribution in [2.45, 2.75) is 18.3 Å². The zero-order chi connectivity index (χ0) is 25.2. The number of ether oxygens (including phenoxy) is 1. The molecule has 3 heterocycles.